The van der Waals surface area contributed by atoms with Crippen LogP contribution in [0.3, 0.4) is 0 Å². The van der Waals surface area contributed by atoms with Gasteiger partial charge in [-0.05, 0) is 12.8 Å². The number of benzene rings is 1. The lowest BCUT2D eigenvalue weighted by Gasteiger charge is -2.25. The molecule has 0 heterocycles. The zero-order valence-corrected chi connectivity index (χ0v) is 12.6. The molecule has 0 saturated heterocycles. The van der Waals surface area contributed by atoms with E-state index in [0.29, 0.717) is 25.9 Å². The molecule has 0 bridgehead atoms. The lowest BCUT2D eigenvalue weighted by Crippen LogP contribution is -2.35. The molecule has 0 aliphatic heterocycles. The van der Waals surface area contributed by atoms with Crippen molar-refractivity contribution in [3.63, 3.8) is 0 Å². The lowest BCUT2D eigenvalue weighted by molar-refractivity contribution is 0.365. The fourth-order valence-electron chi connectivity index (χ4n) is 2.00. The van der Waals surface area contributed by atoms with Crippen LogP contribution in [0.1, 0.15) is 45.1 Å². The van der Waals surface area contributed by atoms with Crippen molar-refractivity contribution in [2.24, 2.45) is 0 Å². The maximum Gasteiger partial charge on any atom is 0.200 e. The Morgan fingerprint density at radius 1 is 0.773 bits per heavy atom. The first kappa shape index (κ1) is 18.4. The summed E-state index contributed by atoms with van der Waals surface area (Å²) in [6.07, 6.45) is 2.88. The van der Waals surface area contributed by atoms with Crippen molar-refractivity contribution in [3.05, 3.63) is 34.6 Å². The minimum Gasteiger partial charge on any atom is -0.356 e. The smallest absolute Gasteiger partial charge is 0.200 e. The molecule has 0 aromatic heterocycles. The third-order valence-electron chi connectivity index (χ3n) is 3.33. The van der Waals surface area contributed by atoms with Gasteiger partial charge < -0.3 is 4.90 Å². The van der Waals surface area contributed by atoms with Crippen molar-refractivity contribution in [2.45, 2.75) is 39.5 Å². The van der Waals surface area contributed by atoms with Crippen LogP contribution in [0.25, 0.3) is 0 Å². The fraction of sp³-hybridized carbons (Fsp3) is 0.533. The van der Waals surface area contributed by atoms with Crippen LogP contribution >= 0.6 is 0 Å². The second-order valence-electron chi connectivity index (χ2n) is 4.99. The number of nitrogens with zero attached hydrogens (tertiary/aromatic N) is 1. The van der Waals surface area contributed by atoms with Crippen molar-refractivity contribution in [1.82, 2.24) is 4.90 Å². The van der Waals surface area contributed by atoms with Gasteiger partial charge in [-0.25, -0.2) is 22.0 Å². The topological polar surface area (TPSA) is 27.1 Å². The zero-order valence-electron chi connectivity index (χ0n) is 12.6. The lowest BCUT2D eigenvalue weighted by atomic mass is 10.1. The predicted octanol–water partition coefficient (Wildman–Crippen LogP) is 4.61. The first-order chi connectivity index (χ1) is 10.4. The normalized spacial score (nSPS) is 10.9. The van der Waals surface area contributed by atoms with Gasteiger partial charge >= 0.3 is 0 Å². The predicted molar refractivity (Wildman–Crippen MR) is 74.4 cm³/mol. The summed E-state index contributed by atoms with van der Waals surface area (Å²) in [7, 11) is 0. The molecule has 1 aromatic rings. The summed E-state index contributed by atoms with van der Waals surface area (Å²) in [6.45, 7) is 4.46. The molecule has 2 nitrogen and oxygen atoms in total. The monoisotopic (exact) mass is 322 g/mol. The van der Waals surface area contributed by atoms with E-state index in [1.54, 1.807) is 0 Å². The highest BCUT2D eigenvalue weighted by atomic mass is 19.2. The molecule has 0 atom stereocenters. The van der Waals surface area contributed by atoms with Crippen LogP contribution < -0.4 is 0 Å². The highest BCUT2D eigenvalue weighted by Gasteiger charge is 2.29. The number of halogens is 5. The largest absolute Gasteiger partial charge is 0.356 e. The Kier molecular flexibility index (Phi) is 6.77. The molecule has 0 fully saturated rings. The average Bonchev–Trinajstić information content (AvgIpc) is 2.51. The van der Waals surface area contributed by atoms with E-state index < -0.39 is 40.5 Å². The van der Waals surface area contributed by atoms with Crippen LogP contribution in [0, 0.1) is 34.5 Å². The van der Waals surface area contributed by atoms with Gasteiger partial charge in [-0.3, -0.25) is 5.41 Å². The van der Waals surface area contributed by atoms with Gasteiger partial charge in [0.05, 0.1) is 5.56 Å². The minimum atomic E-state index is -2.21. The van der Waals surface area contributed by atoms with Crippen molar-refractivity contribution >= 4 is 5.84 Å². The van der Waals surface area contributed by atoms with E-state index >= 15 is 0 Å². The molecular formula is C15H19F5N2. The molecule has 124 valence electrons. The van der Waals surface area contributed by atoms with Crippen LogP contribution in [0.15, 0.2) is 0 Å². The van der Waals surface area contributed by atoms with E-state index in [2.05, 4.69) is 0 Å². The van der Waals surface area contributed by atoms with Crippen LogP contribution in [0.4, 0.5) is 22.0 Å². The van der Waals surface area contributed by atoms with Crippen LogP contribution in [0.2, 0.25) is 0 Å². The van der Waals surface area contributed by atoms with E-state index in [1.165, 1.54) is 4.90 Å². The second-order valence-corrected chi connectivity index (χ2v) is 4.99. The molecule has 1 rings (SSSR count). The van der Waals surface area contributed by atoms with E-state index in [1.807, 2.05) is 13.8 Å². The van der Waals surface area contributed by atoms with Crippen molar-refractivity contribution in [1.29, 1.82) is 5.41 Å². The second kappa shape index (κ2) is 8.10. The van der Waals surface area contributed by atoms with Gasteiger partial charge in [-0.15, -0.1) is 0 Å². The van der Waals surface area contributed by atoms with Gasteiger partial charge in [0.1, 0.15) is 5.84 Å². The fourth-order valence-corrected chi connectivity index (χ4v) is 2.00. The number of rotatable bonds is 7. The zero-order chi connectivity index (χ0) is 16.9. The highest BCUT2D eigenvalue weighted by molar-refractivity contribution is 5.97. The van der Waals surface area contributed by atoms with Crippen LogP contribution in [-0.2, 0) is 0 Å². The Bertz CT molecular complexity index is 508. The summed E-state index contributed by atoms with van der Waals surface area (Å²) in [4.78, 5) is 1.35. The number of hydrogen-bond donors (Lipinski definition) is 1. The molecule has 22 heavy (non-hydrogen) atoms. The van der Waals surface area contributed by atoms with Gasteiger partial charge in [0.15, 0.2) is 23.3 Å². The molecule has 0 unspecified atom stereocenters. The quantitative estimate of drug-likeness (QED) is 0.256. The van der Waals surface area contributed by atoms with E-state index in [4.69, 9.17) is 5.41 Å². The Morgan fingerprint density at radius 3 is 1.50 bits per heavy atom. The minimum absolute atomic E-state index is 0.328. The maximum absolute atomic E-state index is 13.8. The number of unbranched alkanes of at least 4 members (excludes halogenated alkanes) is 2. The van der Waals surface area contributed by atoms with E-state index in [-0.39, 0.29) is 0 Å². The summed E-state index contributed by atoms with van der Waals surface area (Å²) in [5.41, 5.74) is -1.16. The number of amidine groups is 1. The molecule has 0 aliphatic rings. The third kappa shape index (κ3) is 3.75. The van der Waals surface area contributed by atoms with Crippen molar-refractivity contribution in [2.75, 3.05) is 13.1 Å². The van der Waals surface area contributed by atoms with E-state index in [0.717, 1.165) is 12.8 Å². The van der Waals surface area contributed by atoms with Gasteiger partial charge in [0.25, 0.3) is 0 Å². The Labute approximate surface area is 126 Å². The van der Waals surface area contributed by atoms with E-state index in [9.17, 15) is 22.0 Å². The van der Waals surface area contributed by atoms with Gasteiger partial charge in [0, 0.05) is 13.1 Å². The standard InChI is InChI=1S/C15H19F5N2/c1-3-5-7-22(8-6-4-2)15(21)9-10(16)12(18)14(20)13(19)11(9)17/h21H,3-8H2,1-2H3. The average molecular weight is 322 g/mol. The maximum atomic E-state index is 13.8. The van der Waals surface area contributed by atoms with Crippen LogP contribution in [0.5, 0.6) is 0 Å². The molecule has 0 spiro atoms. The summed E-state index contributed by atoms with van der Waals surface area (Å²) in [5, 5.41) is 7.88. The van der Waals surface area contributed by atoms with Crippen molar-refractivity contribution < 1.29 is 22.0 Å². The Balaban J connectivity index is 3.23. The Morgan fingerprint density at radius 2 is 1.14 bits per heavy atom. The molecular weight excluding hydrogens is 303 g/mol. The number of hydrogen-bond acceptors (Lipinski definition) is 1. The van der Waals surface area contributed by atoms with Gasteiger partial charge in [-0.2, -0.15) is 0 Å². The molecule has 0 aliphatic carbocycles. The molecule has 0 radical (unpaired) electrons. The molecule has 1 N–H and O–H groups in total. The third-order valence-corrected chi connectivity index (χ3v) is 3.33. The molecule has 1 aromatic carbocycles. The summed E-state index contributed by atoms with van der Waals surface area (Å²) >= 11 is 0. The number of nitrogens with one attached hydrogen (secondary N) is 1. The SMILES string of the molecule is CCCCN(CCCC)C(=N)c1c(F)c(F)c(F)c(F)c1F. The summed E-state index contributed by atoms with van der Waals surface area (Å²) in [5.74, 6) is -10.8. The first-order valence-electron chi connectivity index (χ1n) is 7.22. The summed E-state index contributed by atoms with van der Waals surface area (Å²) in [6, 6.07) is 0. The van der Waals surface area contributed by atoms with Gasteiger partial charge in [-0.1, -0.05) is 26.7 Å². The molecule has 0 saturated carbocycles. The molecule has 7 heteroatoms. The molecule has 0 amide bonds. The van der Waals surface area contributed by atoms with Crippen LogP contribution in [-0.4, -0.2) is 23.8 Å². The Hall–Kier alpha value is -1.66. The van der Waals surface area contributed by atoms with Gasteiger partial charge in [0.2, 0.25) is 5.82 Å². The summed E-state index contributed by atoms with van der Waals surface area (Å²) < 4.78 is 67.1. The van der Waals surface area contributed by atoms with Crippen molar-refractivity contribution in [3.8, 4) is 0 Å². The first-order valence-corrected chi connectivity index (χ1v) is 7.22. The highest BCUT2D eigenvalue weighted by Crippen LogP contribution is 2.24.